The molecular weight excluding hydrogens is 333 g/mol. The average molecular weight is 348 g/mol. The SMILES string of the molecule is O=C1CC(NCc2cccc(C(F)(F)F)c2)C(=O)N1c1ccccc1. The first kappa shape index (κ1) is 17.2. The molecule has 1 aliphatic heterocycles. The predicted molar refractivity (Wildman–Crippen MR) is 85.6 cm³/mol. The van der Waals surface area contributed by atoms with E-state index >= 15 is 0 Å². The molecule has 1 heterocycles. The molecule has 3 rings (SSSR count). The maximum atomic E-state index is 12.7. The summed E-state index contributed by atoms with van der Waals surface area (Å²) in [6.07, 6.45) is -4.44. The van der Waals surface area contributed by atoms with Crippen molar-refractivity contribution in [2.45, 2.75) is 25.2 Å². The van der Waals surface area contributed by atoms with E-state index in [4.69, 9.17) is 0 Å². The summed E-state index contributed by atoms with van der Waals surface area (Å²) in [4.78, 5) is 25.6. The van der Waals surface area contributed by atoms with E-state index in [2.05, 4.69) is 5.32 Å². The maximum Gasteiger partial charge on any atom is 0.416 e. The number of nitrogens with one attached hydrogen (secondary N) is 1. The molecular formula is C18H15F3N2O2. The Kier molecular flexibility index (Phi) is 4.59. The summed E-state index contributed by atoms with van der Waals surface area (Å²) < 4.78 is 38.2. The van der Waals surface area contributed by atoms with Crippen molar-refractivity contribution in [2.75, 3.05) is 4.90 Å². The number of nitrogens with zero attached hydrogens (tertiary/aromatic N) is 1. The van der Waals surface area contributed by atoms with Crippen LogP contribution in [0.1, 0.15) is 17.5 Å². The van der Waals surface area contributed by atoms with Gasteiger partial charge in [0.15, 0.2) is 0 Å². The Balaban J connectivity index is 1.69. The van der Waals surface area contributed by atoms with Gasteiger partial charge in [0.05, 0.1) is 23.7 Å². The highest BCUT2D eigenvalue weighted by molar-refractivity contribution is 6.22. The number of carbonyl (C=O) groups is 2. The molecule has 0 aromatic heterocycles. The van der Waals surface area contributed by atoms with Gasteiger partial charge in [-0.1, -0.05) is 36.4 Å². The van der Waals surface area contributed by atoms with Gasteiger partial charge in [-0.05, 0) is 23.8 Å². The quantitative estimate of drug-likeness (QED) is 0.864. The lowest BCUT2D eigenvalue weighted by Gasteiger charge is -2.15. The van der Waals surface area contributed by atoms with Crippen LogP contribution in [0.15, 0.2) is 54.6 Å². The number of halogens is 3. The zero-order valence-electron chi connectivity index (χ0n) is 13.1. The summed E-state index contributed by atoms with van der Waals surface area (Å²) >= 11 is 0. The molecule has 1 fully saturated rings. The molecule has 0 spiro atoms. The number of carbonyl (C=O) groups excluding carboxylic acids is 2. The normalized spacial score (nSPS) is 18.0. The number of benzene rings is 2. The second-order valence-corrected chi connectivity index (χ2v) is 5.74. The Morgan fingerprint density at radius 2 is 1.76 bits per heavy atom. The first-order valence-corrected chi connectivity index (χ1v) is 7.67. The van der Waals surface area contributed by atoms with E-state index in [0.717, 1.165) is 17.0 Å². The van der Waals surface area contributed by atoms with E-state index in [1.54, 1.807) is 36.4 Å². The lowest BCUT2D eigenvalue weighted by atomic mass is 10.1. The largest absolute Gasteiger partial charge is 0.416 e. The Bertz CT molecular complexity index is 790. The maximum absolute atomic E-state index is 12.7. The van der Waals surface area contributed by atoms with Crippen molar-refractivity contribution >= 4 is 17.5 Å². The summed E-state index contributed by atoms with van der Waals surface area (Å²) in [5, 5.41) is 2.88. The number of para-hydroxylation sites is 1. The van der Waals surface area contributed by atoms with Gasteiger partial charge in [-0.25, -0.2) is 4.90 Å². The predicted octanol–water partition coefficient (Wildman–Crippen LogP) is 3.13. The van der Waals surface area contributed by atoms with Gasteiger partial charge in [-0.3, -0.25) is 9.59 Å². The molecule has 1 saturated heterocycles. The molecule has 2 aromatic carbocycles. The first-order chi connectivity index (χ1) is 11.9. The molecule has 1 unspecified atom stereocenters. The minimum Gasteiger partial charge on any atom is -0.301 e. The van der Waals surface area contributed by atoms with Crippen LogP contribution in [-0.2, 0) is 22.3 Å². The molecule has 2 amide bonds. The molecule has 1 N–H and O–H groups in total. The van der Waals surface area contributed by atoms with Gasteiger partial charge < -0.3 is 5.32 Å². The summed E-state index contributed by atoms with van der Waals surface area (Å²) in [7, 11) is 0. The second kappa shape index (κ2) is 6.68. The Morgan fingerprint density at radius 3 is 2.44 bits per heavy atom. The van der Waals surface area contributed by atoms with Crippen molar-refractivity contribution in [3.05, 3.63) is 65.7 Å². The standard InChI is InChI=1S/C18H15F3N2O2/c19-18(20,21)13-6-4-5-12(9-13)11-22-15-10-16(24)23(17(15)25)14-7-2-1-3-8-14/h1-9,15,22H,10-11H2. The van der Waals surface area contributed by atoms with Crippen molar-refractivity contribution in [1.29, 1.82) is 0 Å². The molecule has 0 saturated carbocycles. The van der Waals surface area contributed by atoms with Gasteiger partial charge in [-0.2, -0.15) is 13.2 Å². The summed E-state index contributed by atoms with van der Waals surface area (Å²) in [6, 6.07) is 12.7. The van der Waals surface area contributed by atoms with E-state index in [1.165, 1.54) is 6.07 Å². The van der Waals surface area contributed by atoms with Gasteiger partial charge >= 0.3 is 6.18 Å². The smallest absolute Gasteiger partial charge is 0.301 e. The lowest BCUT2D eigenvalue weighted by Crippen LogP contribution is -2.38. The third kappa shape index (κ3) is 3.71. The summed E-state index contributed by atoms with van der Waals surface area (Å²) in [5.74, 6) is -0.735. The van der Waals surface area contributed by atoms with Crippen LogP contribution in [0.25, 0.3) is 0 Å². The van der Waals surface area contributed by atoms with Crippen molar-refractivity contribution in [2.24, 2.45) is 0 Å². The number of rotatable bonds is 4. The second-order valence-electron chi connectivity index (χ2n) is 5.74. The fourth-order valence-electron chi connectivity index (χ4n) is 2.74. The fourth-order valence-corrected chi connectivity index (χ4v) is 2.74. The highest BCUT2D eigenvalue weighted by Gasteiger charge is 2.39. The van der Waals surface area contributed by atoms with Crippen LogP contribution < -0.4 is 10.2 Å². The van der Waals surface area contributed by atoms with Crippen molar-refractivity contribution in [3.8, 4) is 0 Å². The van der Waals surface area contributed by atoms with Crippen LogP contribution in [0.4, 0.5) is 18.9 Å². The van der Waals surface area contributed by atoms with Crippen LogP contribution in [-0.4, -0.2) is 17.9 Å². The molecule has 0 bridgehead atoms. The number of amides is 2. The third-order valence-corrected chi connectivity index (χ3v) is 3.97. The monoisotopic (exact) mass is 348 g/mol. The highest BCUT2D eigenvalue weighted by atomic mass is 19.4. The van der Waals surface area contributed by atoms with Crippen LogP contribution in [0.5, 0.6) is 0 Å². The highest BCUT2D eigenvalue weighted by Crippen LogP contribution is 2.29. The van der Waals surface area contributed by atoms with Gasteiger partial charge in [0.25, 0.3) is 5.91 Å². The summed E-state index contributed by atoms with van der Waals surface area (Å²) in [6.45, 7) is 0.0657. The Morgan fingerprint density at radius 1 is 1.04 bits per heavy atom. The summed E-state index contributed by atoms with van der Waals surface area (Å²) in [5.41, 5.74) is 0.139. The Labute approximate surface area is 142 Å². The third-order valence-electron chi connectivity index (χ3n) is 3.97. The number of imide groups is 1. The van der Waals surface area contributed by atoms with E-state index in [-0.39, 0.29) is 18.9 Å². The van der Waals surface area contributed by atoms with E-state index in [1.807, 2.05) is 0 Å². The lowest BCUT2D eigenvalue weighted by molar-refractivity contribution is -0.137. The molecule has 1 aliphatic rings. The molecule has 0 aliphatic carbocycles. The van der Waals surface area contributed by atoms with Crippen LogP contribution in [0, 0.1) is 0 Å². The van der Waals surface area contributed by atoms with Crippen molar-refractivity contribution in [1.82, 2.24) is 5.32 Å². The molecule has 25 heavy (non-hydrogen) atoms. The van der Waals surface area contributed by atoms with Gasteiger partial charge in [0, 0.05) is 6.54 Å². The van der Waals surface area contributed by atoms with Gasteiger partial charge in [-0.15, -0.1) is 0 Å². The van der Waals surface area contributed by atoms with E-state index < -0.39 is 23.7 Å². The van der Waals surface area contributed by atoms with E-state index in [0.29, 0.717) is 11.3 Å². The molecule has 130 valence electrons. The number of hydrogen-bond acceptors (Lipinski definition) is 3. The Hall–Kier alpha value is -2.67. The van der Waals surface area contributed by atoms with Gasteiger partial charge in [0.2, 0.25) is 5.91 Å². The molecule has 2 aromatic rings. The minimum absolute atomic E-state index is 0.0211. The van der Waals surface area contributed by atoms with Crippen LogP contribution >= 0.6 is 0 Å². The van der Waals surface area contributed by atoms with Crippen LogP contribution in [0.3, 0.4) is 0 Å². The molecule has 1 atom stereocenters. The zero-order valence-corrected chi connectivity index (χ0v) is 13.1. The average Bonchev–Trinajstić information content (AvgIpc) is 2.87. The number of alkyl halides is 3. The van der Waals surface area contributed by atoms with Gasteiger partial charge in [0.1, 0.15) is 0 Å². The van der Waals surface area contributed by atoms with E-state index in [9.17, 15) is 22.8 Å². The fraction of sp³-hybridized carbons (Fsp3) is 0.222. The topological polar surface area (TPSA) is 49.4 Å². The molecule has 4 nitrogen and oxygen atoms in total. The molecule has 7 heteroatoms. The number of hydrogen-bond donors (Lipinski definition) is 1. The van der Waals surface area contributed by atoms with Crippen molar-refractivity contribution < 1.29 is 22.8 Å². The van der Waals surface area contributed by atoms with Crippen LogP contribution in [0.2, 0.25) is 0 Å². The van der Waals surface area contributed by atoms with Crippen molar-refractivity contribution in [3.63, 3.8) is 0 Å². The number of anilines is 1. The minimum atomic E-state index is -4.42. The zero-order chi connectivity index (χ0) is 18.0. The first-order valence-electron chi connectivity index (χ1n) is 7.67. The molecule has 0 radical (unpaired) electrons.